The highest BCUT2D eigenvalue weighted by molar-refractivity contribution is 7.99. The molecule has 3 aromatic rings. The molecule has 3 aromatic carbocycles. The molecule has 0 saturated carbocycles. The van der Waals surface area contributed by atoms with Crippen molar-refractivity contribution in [1.29, 1.82) is 0 Å². The van der Waals surface area contributed by atoms with Crippen molar-refractivity contribution in [3.05, 3.63) is 89.5 Å². The van der Waals surface area contributed by atoms with Gasteiger partial charge in [0.05, 0.1) is 25.9 Å². The molecule has 0 aliphatic carbocycles. The number of anilines is 1. The van der Waals surface area contributed by atoms with Crippen LogP contribution in [0.25, 0.3) is 0 Å². The fourth-order valence-electron chi connectivity index (χ4n) is 4.56. The highest BCUT2D eigenvalue weighted by Crippen LogP contribution is 2.40. The normalized spacial score (nSPS) is 18.5. The molecule has 1 heterocycles. The minimum Gasteiger partial charge on any atom is -0.496 e. The summed E-state index contributed by atoms with van der Waals surface area (Å²) in [6.45, 7) is -0.0216. The second-order valence-corrected chi connectivity index (χ2v) is 10.8. The molecule has 0 spiro atoms. The number of carbonyl (C=O) groups excluding carboxylic acids is 2. The van der Waals surface area contributed by atoms with E-state index >= 15 is 0 Å². The Bertz CT molecular complexity index is 1290. The molecule has 41 heavy (non-hydrogen) atoms. The van der Waals surface area contributed by atoms with Gasteiger partial charge in [0.25, 0.3) is 0 Å². The molecule has 0 unspecified atom stereocenters. The molecule has 0 aromatic heterocycles. The first-order valence-corrected chi connectivity index (χ1v) is 14.6. The van der Waals surface area contributed by atoms with Gasteiger partial charge in [0.15, 0.2) is 6.29 Å². The van der Waals surface area contributed by atoms with Crippen LogP contribution in [-0.4, -0.2) is 41.1 Å². The summed E-state index contributed by atoms with van der Waals surface area (Å²) in [5, 5.41) is 20.9. The number of ether oxygens (including phenoxy) is 3. The Balaban J connectivity index is 1.45. The van der Waals surface area contributed by atoms with Gasteiger partial charge in [-0.2, -0.15) is 0 Å². The van der Waals surface area contributed by atoms with Crippen molar-refractivity contribution >= 4 is 29.3 Å². The van der Waals surface area contributed by atoms with E-state index in [-0.39, 0.29) is 37.6 Å². The SMILES string of the molecule is COc1ccccc1SC[C@@H]1C[C@H](c2ccc(CO)cc2)O[C@H](c2cccc(NC(=O)CCCCC(=O)NO)c2)O1. The lowest BCUT2D eigenvalue weighted by atomic mass is 10.0. The Morgan fingerprint density at radius 2 is 1.71 bits per heavy atom. The van der Waals surface area contributed by atoms with Gasteiger partial charge in [0.2, 0.25) is 11.8 Å². The second kappa shape index (κ2) is 15.6. The number of amides is 2. The number of para-hydroxylation sites is 1. The number of benzene rings is 3. The fourth-order valence-corrected chi connectivity index (χ4v) is 5.61. The average Bonchev–Trinajstić information content (AvgIpc) is 3.02. The fraction of sp³-hybridized carbons (Fsp3) is 0.355. The topological polar surface area (TPSA) is 126 Å². The van der Waals surface area contributed by atoms with Crippen LogP contribution in [0.5, 0.6) is 5.75 Å². The van der Waals surface area contributed by atoms with Gasteiger partial charge < -0.3 is 24.6 Å². The summed E-state index contributed by atoms with van der Waals surface area (Å²) in [6.07, 6.45) is 1.10. The standard InChI is InChI=1S/C31H36N2O7S/c1-38-26-9-2-3-10-28(26)41-20-25-18-27(22-15-13-21(19-34)14-16-22)40-31(39-25)23-7-6-8-24(17-23)32-29(35)11-4-5-12-30(36)33-37/h2-3,6-10,13-17,25,27,31,34,37H,4-5,11-12,18-20H2,1H3,(H,32,35)(H,33,36)/t25-,27+,31+/m0/s1. The van der Waals surface area contributed by atoms with Crippen molar-refractivity contribution in [1.82, 2.24) is 5.48 Å². The number of hydroxylamine groups is 1. The molecule has 4 rings (SSSR count). The number of unbranched alkanes of at least 4 members (excludes halogenated alkanes) is 1. The molecular weight excluding hydrogens is 544 g/mol. The van der Waals surface area contributed by atoms with E-state index in [4.69, 9.17) is 19.4 Å². The molecular formula is C31H36N2O7S. The number of hydrogen-bond acceptors (Lipinski definition) is 8. The Labute approximate surface area is 244 Å². The number of aliphatic hydroxyl groups excluding tert-OH is 1. The Morgan fingerprint density at radius 3 is 2.44 bits per heavy atom. The van der Waals surface area contributed by atoms with Crippen molar-refractivity contribution in [3.63, 3.8) is 0 Å². The maximum atomic E-state index is 12.5. The van der Waals surface area contributed by atoms with E-state index in [1.807, 2.05) is 72.8 Å². The molecule has 2 amide bonds. The van der Waals surface area contributed by atoms with Crippen molar-refractivity contribution in [2.75, 3.05) is 18.2 Å². The van der Waals surface area contributed by atoms with Crippen LogP contribution in [0.3, 0.4) is 0 Å². The van der Waals surface area contributed by atoms with E-state index in [1.54, 1.807) is 24.4 Å². The van der Waals surface area contributed by atoms with E-state index in [2.05, 4.69) is 5.32 Å². The van der Waals surface area contributed by atoms with Gasteiger partial charge >= 0.3 is 0 Å². The minimum absolute atomic E-state index is 0.0216. The molecule has 0 bridgehead atoms. The van der Waals surface area contributed by atoms with Crippen molar-refractivity contribution in [3.8, 4) is 5.75 Å². The number of nitrogens with one attached hydrogen (secondary N) is 2. The smallest absolute Gasteiger partial charge is 0.243 e. The summed E-state index contributed by atoms with van der Waals surface area (Å²) in [4.78, 5) is 24.6. The molecule has 10 heteroatoms. The number of aliphatic hydroxyl groups is 1. The Hall–Kier alpha value is -3.41. The molecule has 1 saturated heterocycles. The molecule has 4 N–H and O–H groups in total. The van der Waals surface area contributed by atoms with E-state index in [1.165, 1.54) is 0 Å². The van der Waals surface area contributed by atoms with Gasteiger partial charge in [-0.3, -0.25) is 14.8 Å². The highest BCUT2D eigenvalue weighted by atomic mass is 32.2. The summed E-state index contributed by atoms with van der Waals surface area (Å²) >= 11 is 1.67. The number of rotatable bonds is 13. The van der Waals surface area contributed by atoms with Gasteiger partial charge in [-0.05, 0) is 48.2 Å². The lowest BCUT2D eigenvalue weighted by Crippen LogP contribution is -2.31. The molecule has 1 aliphatic rings. The summed E-state index contributed by atoms with van der Waals surface area (Å²) < 4.78 is 18.4. The first kappa shape index (κ1) is 30.5. The van der Waals surface area contributed by atoms with Crippen LogP contribution >= 0.6 is 11.8 Å². The van der Waals surface area contributed by atoms with Gasteiger partial charge in [0, 0.05) is 41.2 Å². The summed E-state index contributed by atoms with van der Waals surface area (Å²) in [7, 11) is 1.66. The maximum absolute atomic E-state index is 12.5. The first-order valence-electron chi connectivity index (χ1n) is 13.6. The zero-order valence-corrected chi connectivity index (χ0v) is 23.8. The summed E-state index contributed by atoms with van der Waals surface area (Å²) in [5.41, 5.74) is 4.84. The van der Waals surface area contributed by atoms with Crippen LogP contribution < -0.4 is 15.5 Å². The van der Waals surface area contributed by atoms with Gasteiger partial charge in [0.1, 0.15) is 5.75 Å². The molecule has 1 fully saturated rings. The van der Waals surface area contributed by atoms with E-state index < -0.39 is 12.2 Å². The lowest BCUT2D eigenvalue weighted by Gasteiger charge is -2.36. The van der Waals surface area contributed by atoms with E-state index in [0.29, 0.717) is 30.7 Å². The number of thioether (sulfide) groups is 1. The molecule has 1 aliphatic heterocycles. The molecule has 218 valence electrons. The third-order valence-electron chi connectivity index (χ3n) is 6.73. The van der Waals surface area contributed by atoms with Gasteiger partial charge in [-0.15, -0.1) is 11.8 Å². The number of hydrogen-bond donors (Lipinski definition) is 4. The van der Waals surface area contributed by atoms with Crippen LogP contribution in [-0.2, 0) is 25.7 Å². The monoisotopic (exact) mass is 580 g/mol. The largest absolute Gasteiger partial charge is 0.496 e. The predicted octanol–water partition coefficient (Wildman–Crippen LogP) is 5.53. The number of carbonyl (C=O) groups is 2. The van der Waals surface area contributed by atoms with Gasteiger partial charge in [-0.1, -0.05) is 48.5 Å². The quantitative estimate of drug-likeness (QED) is 0.0900. The highest BCUT2D eigenvalue weighted by Gasteiger charge is 2.32. The zero-order valence-electron chi connectivity index (χ0n) is 23.0. The molecule has 3 atom stereocenters. The third-order valence-corrected chi connectivity index (χ3v) is 7.92. The summed E-state index contributed by atoms with van der Waals surface area (Å²) in [6, 6.07) is 23.1. The third kappa shape index (κ3) is 9.04. The zero-order chi connectivity index (χ0) is 29.0. The number of methoxy groups -OCH3 is 1. The molecule has 9 nitrogen and oxygen atoms in total. The maximum Gasteiger partial charge on any atom is 0.243 e. The van der Waals surface area contributed by atoms with Crippen LogP contribution in [0, 0.1) is 0 Å². The second-order valence-electron chi connectivity index (χ2n) is 9.73. The first-order chi connectivity index (χ1) is 20.0. The Kier molecular flexibility index (Phi) is 11.6. The lowest BCUT2D eigenvalue weighted by molar-refractivity contribution is -0.245. The van der Waals surface area contributed by atoms with Crippen LogP contribution in [0.4, 0.5) is 5.69 Å². The van der Waals surface area contributed by atoms with E-state index in [0.717, 1.165) is 27.3 Å². The molecule has 0 radical (unpaired) electrons. The van der Waals surface area contributed by atoms with Crippen LogP contribution in [0.2, 0.25) is 0 Å². The van der Waals surface area contributed by atoms with E-state index in [9.17, 15) is 14.7 Å². The Morgan fingerprint density at radius 1 is 0.951 bits per heavy atom. The van der Waals surface area contributed by atoms with Crippen molar-refractivity contribution in [2.45, 2.75) is 62.1 Å². The average molecular weight is 581 g/mol. The minimum atomic E-state index is -0.650. The van der Waals surface area contributed by atoms with Gasteiger partial charge in [-0.25, -0.2) is 5.48 Å². The predicted molar refractivity (Wildman–Crippen MR) is 156 cm³/mol. The van der Waals surface area contributed by atoms with Crippen LogP contribution in [0.1, 0.15) is 61.2 Å². The van der Waals surface area contributed by atoms with Crippen LogP contribution in [0.15, 0.2) is 77.7 Å². The summed E-state index contributed by atoms with van der Waals surface area (Å²) in [5.74, 6) is 0.881. The van der Waals surface area contributed by atoms with Crippen molar-refractivity contribution in [2.24, 2.45) is 0 Å². The van der Waals surface area contributed by atoms with Crippen molar-refractivity contribution < 1.29 is 34.1 Å².